The van der Waals surface area contributed by atoms with Crippen LogP contribution in [0.15, 0.2) is 24.3 Å². The molecule has 0 aromatic heterocycles. The lowest BCUT2D eigenvalue weighted by Crippen LogP contribution is -2.43. The minimum atomic E-state index is -4.87. The van der Waals surface area contributed by atoms with Gasteiger partial charge in [-0.15, -0.1) is 13.2 Å². The monoisotopic (exact) mass is 336 g/mol. The Bertz CT molecular complexity index is 664. The lowest BCUT2D eigenvalue weighted by Gasteiger charge is -2.37. The fourth-order valence-electron chi connectivity index (χ4n) is 3.53. The SMILES string of the molecule is O=S1(=O)C2CCC1CC(O)(c1ccccc1OC(F)(F)F)C2. The van der Waals surface area contributed by atoms with Crippen LogP contribution >= 0.6 is 0 Å². The molecule has 2 bridgehead atoms. The quantitative estimate of drug-likeness (QED) is 0.901. The molecule has 2 atom stereocenters. The van der Waals surface area contributed by atoms with Crippen molar-refractivity contribution in [3.63, 3.8) is 0 Å². The molecule has 2 fully saturated rings. The predicted molar refractivity (Wildman–Crippen MR) is 72.0 cm³/mol. The van der Waals surface area contributed by atoms with Crippen molar-refractivity contribution < 1.29 is 31.4 Å². The highest BCUT2D eigenvalue weighted by atomic mass is 32.2. The second kappa shape index (κ2) is 4.86. The predicted octanol–water partition coefficient (Wildman–Crippen LogP) is 2.51. The Balaban J connectivity index is 1.98. The average molecular weight is 336 g/mol. The number of aliphatic hydroxyl groups is 1. The lowest BCUT2D eigenvalue weighted by atomic mass is 9.85. The van der Waals surface area contributed by atoms with Crippen LogP contribution in [0.3, 0.4) is 0 Å². The van der Waals surface area contributed by atoms with Gasteiger partial charge in [0.1, 0.15) is 5.75 Å². The summed E-state index contributed by atoms with van der Waals surface area (Å²) in [6, 6.07) is 5.37. The van der Waals surface area contributed by atoms with Gasteiger partial charge in [0, 0.05) is 5.56 Å². The Morgan fingerprint density at radius 1 is 1.14 bits per heavy atom. The molecule has 2 aliphatic heterocycles. The summed E-state index contributed by atoms with van der Waals surface area (Å²) in [7, 11) is -3.28. The highest BCUT2D eigenvalue weighted by molar-refractivity contribution is 7.93. The van der Waals surface area contributed by atoms with Crippen LogP contribution in [0, 0.1) is 0 Å². The van der Waals surface area contributed by atoms with E-state index in [1.807, 2.05) is 0 Å². The van der Waals surface area contributed by atoms with Crippen molar-refractivity contribution in [1.82, 2.24) is 0 Å². The molecule has 8 heteroatoms. The van der Waals surface area contributed by atoms with Gasteiger partial charge >= 0.3 is 6.36 Å². The van der Waals surface area contributed by atoms with Crippen LogP contribution in [0.25, 0.3) is 0 Å². The van der Waals surface area contributed by atoms with Crippen LogP contribution < -0.4 is 4.74 Å². The number of hydrogen-bond acceptors (Lipinski definition) is 4. The molecule has 2 heterocycles. The summed E-state index contributed by atoms with van der Waals surface area (Å²) in [5.74, 6) is -0.476. The Morgan fingerprint density at radius 2 is 1.68 bits per heavy atom. The topological polar surface area (TPSA) is 63.6 Å². The van der Waals surface area contributed by atoms with Gasteiger partial charge in [-0.3, -0.25) is 0 Å². The fraction of sp³-hybridized carbons (Fsp3) is 0.571. The molecule has 0 saturated carbocycles. The number of sulfone groups is 1. The van der Waals surface area contributed by atoms with Gasteiger partial charge in [0.25, 0.3) is 0 Å². The normalized spacial score (nSPS) is 33.6. The summed E-state index contributed by atoms with van der Waals surface area (Å²) >= 11 is 0. The van der Waals surface area contributed by atoms with Crippen molar-refractivity contribution in [2.75, 3.05) is 0 Å². The van der Waals surface area contributed by atoms with Crippen LogP contribution in [0.1, 0.15) is 31.2 Å². The van der Waals surface area contributed by atoms with Gasteiger partial charge in [-0.05, 0) is 31.7 Å². The number of benzene rings is 1. The summed E-state index contributed by atoms with van der Waals surface area (Å²) < 4.78 is 65.7. The zero-order valence-electron chi connectivity index (χ0n) is 11.5. The van der Waals surface area contributed by atoms with E-state index in [1.54, 1.807) is 0 Å². The van der Waals surface area contributed by atoms with Crippen molar-refractivity contribution in [2.45, 2.75) is 48.1 Å². The number of fused-ring (bicyclic) bond motifs is 2. The molecule has 2 saturated heterocycles. The number of ether oxygens (including phenoxy) is 1. The highest BCUT2D eigenvalue weighted by Gasteiger charge is 2.54. The molecular formula is C14H15F3O4S. The van der Waals surface area contributed by atoms with Crippen LogP contribution in [0.5, 0.6) is 5.75 Å². The summed E-state index contributed by atoms with van der Waals surface area (Å²) in [4.78, 5) is 0. The zero-order valence-corrected chi connectivity index (χ0v) is 12.3. The lowest BCUT2D eigenvalue weighted by molar-refractivity contribution is -0.275. The minimum absolute atomic E-state index is 0.000810. The second-order valence-corrected chi connectivity index (χ2v) is 8.41. The standard InChI is InChI=1S/C14H15F3O4S/c15-14(16,17)21-12-4-2-1-3-11(12)13(18)7-9-5-6-10(8-13)22(9,19)20/h1-4,9-10,18H,5-8H2. The minimum Gasteiger partial charge on any atom is -0.405 e. The third-order valence-electron chi connectivity index (χ3n) is 4.48. The van der Waals surface area contributed by atoms with E-state index < -0.39 is 38.1 Å². The van der Waals surface area contributed by atoms with Gasteiger partial charge in [0.05, 0.1) is 16.1 Å². The third-order valence-corrected chi connectivity index (χ3v) is 7.15. The van der Waals surface area contributed by atoms with Crippen molar-refractivity contribution in [1.29, 1.82) is 0 Å². The number of para-hydroxylation sites is 1. The second-order valence-electron chi connectivity index (χ2n) is 5.89. The van der Waals surface area contributed by atoms with Crippen molar-refractivity contribution in [3.8, 4) is 5.75 Å². The van der Waals surface area contributed by atoms with Crippen molar-refractivity contribution in [2.24, 2.45) is 0 Å². The number of halogens is 3. The average Bonchev–Trinajstić information content (AvgIpc) is 2.58. The molecule has 2 aliphatic rings. The first-order valence-corrected chi connectivity index (χ1v) is 8.53. The van der Waals surface area contributed by atoms with E-state index in [0.717, 1.165) is 6.07 Å². The summed E-state index contributed by atoms with van der Waals surface area (Å²) in [6.07, 6.45) is -4.17. The number of alkyl halides is 3. The van der Waals surface area contributed by atoms with E-state index in [0.29, 0.717) is 12.8 Å². The van der Waals surface area contributed by atoms with E-state index in [4.69, 9.17) is 0 Å². The first kappa shape index (κ1) is 15.6. The Labute approximate surface area is 125 Å². The zero-order chi connectivity index (χ0) is 16.2. The molecule has 4 nitrogen and oxygen atoms in total. The van der Waals surface area contributed by atoms with E-state index in [2.05, 4.69) is 4.74 Å². The molecule has 0 spiro atoms. The Hall–Kier alpha value is -1.28. The molecule has 0 radical (unpaired) electrons. The molecule has 2 unspecified atom stereocenters. The molecule has 122 valence electrons. The molecule has 3 rings (SSSR count). The number of rotatable bonds is 2. The van der Waals surface area contributed by atoms with Crippen LogP contribution in [-0.2, 0) is 15.4 Å². The van der Waals surface area contributed by atoms with Crippen molar-refractivity contribution in [3.05, 3.63) is 29.8 Å². The maximum absolute atomic E-state index is 12.5. The van der Waals surface area contributed by atoms with E-state index >= 15 is 0 Å². The summed E-state index contributed by atoms with van der Waals surface area (Å²) in [5.41, 5.74) is -1.61. The summed E-state index contributed by atoms with van der Waals surface area (Å²) in [5, 5.41) is 9.42. The van der Waals surface area contributed by atoms with Gasteiger partial charge < -0.3 is 9.84 Å². The highest BCUT2D eigenvalue weighted by Crippen LogP contribution is 2.49. The molecular weight excluding hydrogens is 321 g/mol. The van der Waals surface area contributed by atoms with Gasteiger partial charge in [-0.25, -0.2) is 8.42 Å². The summed E-state index contributed by atoms with van der Waals surface area (Å²) in [6.45, 7) is 0. The maximum atomic E-state index is 12.5. The Morgan fingerprint density at radius 3 is 2.23 bits per heavy atom. The van der Waals surface area contributed by atoms with E-state index in [9.17, 15) is 26.7 Å². The molecule has 1 N–H and O–H groups in total. The molecule has 22 heavy (non-hydrogen) atoms. The third kappa shape index (κ3) is 2.58. The molecule has 0 aliphatic carbocycles. The van der Waals surface area contributed by atoms with Crippen LogP contribution in [-0.4, -0.2) is 30.4 Å². The molecule has 0 amide bonds. The van der Waals surface area contributed by atoms with Crippen molar-refractivity contribution >= 4 is 9.84 Å². The van der Waals surface area contributed by atoms with Gasteiger partial charge in [-0.2, -0.15) is 0 Å². The Kier molecular flexibility index (Phi) is 3.45. The van der Waals surface area contributed by atoms with Gasteiger partial charge in [-0.1, -0.05) is 18.2 Å². The first-order valence-electron chi connectivity index (χ1n) is 6.92. The van der Waals surface area contributed by atoms with Gasteiger partial charge in [0.15, 0.2) is 9.84 Å². The molecule has 1 aromatic carbocycles. The molecule has 1 aromatic rings. The van der Waals surface area contributed by atoms with E-state index in [-0.39, 0.29) is 18.4 Å². The largest absolute Gasteiger partial charge is 0.573 e. The maximum Gasteiger partial charge on any atom is 0.573 e. The fourth-order valence-corrected chi connectivity index (χ4v) is 6.02. The van der Waals surface area contributed by atoms with Crippen LogP contribution in [0.2, 0.25) is 0 Å². The van der Waals surface area contributed by atoms with Gasteiger partial charge in [0.2, 0.25) is 0 Å². The van der Waals surface area contributed by atoms with E-state index in [1.165, 1.54) is 18.2 Å². The number of hydrogen-bond donors (Lipinski definition) is 1. The smallest absolute Gasteiger partial charge is 0.405 e. The van der Waals surface area contributed by atoms with Crippen LogP contribution in [0.4, 0.5) is 13.2 Å². The first-order chi connectivity index (χ1) is 10.1.